The SMILES string of the molecule is Clc1cc(Cl)c2sc(C3CC3)nc2c1. The fraction of sp³-hybridized carbons (Fsp3) is 0.300. The van der Waals surface area contributed by atoms with E-state index in [-0.39, 0.29) is 0 Å². The molecule has 0 atom stereocenters. The van der Waals surface area contributed by atoms with Crippen LogP contribution in [0.4, 0.5) is 0 Å². The molecular weight excluding hydrogens is 237 g/mol. The lowest BCUT2D eigenvalue weighted by molar-refractivity contribution is 1.10. The lowest BCUT2D eigenvalue weighted by Gasteiger charge is -1.92. The molecule has 2 aromatic rings. The van der Waals surface area contributed by atoms with Crippen molar-refractivity contribution in [2.75, 3.05) is 0 Å². The predicted molar refractivity (Wildman–Crippen MR) is 61.6 cm³/mol. The molecule has 0 N–H and O–H groups in total. The van der Waals surface area contributed by atoms with Crippen molar-refractivity contribution in [3.05, 3.63) is 27.2 Å². The quantitative estimate of drug-likeness (QED) is 0.720. The Morgan fingerprint density at radius 2 is 2.07 bits per heavy atom. The first kappa shape index (κ1) is 8.96. The van der Waals surface area contributed by atoms with Crippen LogP contribution in [0.1, 0.15) is 23.8 Å². The molecule has 0 unspecified atom stereocenters. The topological polar surface area (TPSA) is 12.9 Å². The van der Waals surface area contributed by atoms with E-state index in [1.807, 2.05) is 6.07 Å². The summed E-state index contributed by atoms with van der Waals surface area (Å²) in [6.07, 6.45) is 2.54. The van der Waals surface area contributed by atoms with Crippen molar-refractivity contribution in [1.82, 2.24) is 4.98 Å². The van der Waals surface area contributed by atoms with Crippen molar-refractivity contribution in [2.24, 2.45) is 0 Å². The van der Waals surface area contributed by atoms with Crippen LogP contribution in [0.5, 0.6) is 0 Å². The third-order valence-electron chi connectivity index (χ3n) is 2.35. The number of nitrogens with zero attached hydrogens (tertiary/aromatic N) is 1. The van der Waals surface area contributed by atoms with Gasteiger partial charge >= 0.3 is 0 Å². The minimum absolute atomic E-state index is 0.662. The average Bonchev–Trinajstić information content (AvgIpc) is 2.87. The molecule has 1 fully saturated rings. The van der Waals surface area contributed by atoms with Crippen LogP contribution in [-0.2, 0) is 0 Å². The summed E-state index contributed by atoms with van der Waals surface area (Å²) in [7, 11) is 0. The molecule has 1 saturated carbocycles. The summed E-state index contributed by atoms with van der Waals surface area (Å²) >= 11 is 13.7. The lowest BCUT2D eigenvalue weighted by Crippen LogP contribution is -1.74. The molecule has 0 spiro atoms. The van der Waals surface area contributed by atoms with Crippen molar-refractivity contribution in [2.45, 2.75) is 18.8 Å². The minimum atomic E-state index is 0.662. The number of thiazole rings is 1. The summed E-state index contributed by atoms with van der Waals surface area (Å²) in [5.74, 6) is 0.683. The first-order chi connectivity index (χ1) is 6.74. The van der Waals surface area contributed by atoms with E-state index in [1.54, 1.807) is 17.4 Å². The molecule has 1 aliphatic carbocycles. The van der Waals surface area contributed by atoms with Gasteiger partial charge in [-0.1, -0.05) is 23.2 Å². The normalized spacial score (nSPS) is 16.4. The van der Waals surface area contributed by atoms with Crippen LogP contribution in [0, 0.1) is 0 Å². The molecule has 1 aromatic carbocycles. The van der Waals surface area contributed by atoms with Crippen molar-refractivity contribution in [3.63, 3.8) is 0 Å². The molecule has 0 amide bonds. The van der Waals surface area contributed by atoms with E-state index in [4.69, 9.17) is 23.2 Å². The van der Waals surface area contributed by atoms with E-state index in [0.717, 1.165) is 15.2 Å². The monoisotopic (exact) mass is 243 g/mol. The van der Waals surface area contributed by atoms with Crippen LogP contribution < -0.4 is 0 Å². The highest BCUT2D eigenvalue weighted by atomic mass is 35.5. The zero-order valence-corrected chi connectivity index (χ0v) is 9.59. The molecule has 4 heteroatoms. The molecule has 1 aliphatic rings. The van der Waals surface area contributed by atoms with Gasteiger partial charge in [0.25, 0.3) is 0 Å². The Kier molecular flexibility index (Phi) is 1.98. The molecule has 0 aliphatic heterocycles. The van der Waals surface area contributed by atoms with Gasteiger partial charge < -0.3 is 0 Å². The molecule has 1 heterocycles. The highest BCUT2D eigenvalue weighted by molar-refractivity contribution is 7.19. The van der Waals surface area contributed by atoms with Gasteiger partial charge in [-0.3, -0.25) is 0 Å². The second-order valence-electron chi connectivity index (χ2n) is 3.56. The third-order valence-corrected chi connectivity index (χ3v) is 4.25. The zero-order chi connectivity index (χ0) is 9.71. The van der Waals surface area contributed by atoms with E-state index in [2.05, 4.69) is 4.98 Å². The van der Waals surface area contributed by atoms with Crippen LogP contribution in [0.15, 0.2) is 12.1 Å². The summed E-state index contributed by atoms with van der Waals surface area (Å²) < 4.78 is 1.07. The fourth-order valence-corrected chi connectivity index (χ4v) is 3.20. The Morgan fingerprint density at radius 1 is 1.29 bits per heavy atom. The predicted octanol–water partition coefficient (Wildman–Crippen LogP) is 4.48. The van der Waals surface area contributed by atoms with E-state index >= 15 is 0 Å². The summed E-state index contributed by atoms with van der Waals surface area (Å²) in [6, 6.07) is 3.66. The van der Waals surface area contributed by atoms with Crippen LogP contribution in [0.25, 0.3) is 10.2 Å². The molecule has 0 bridgehead atoms. The second-order valence-corrected chi connectivity index (χ2v) is 5.44. The van der Waals surface area contributed by atoms with Gasteiger partial charge in [0.05, 0.1) is 20.2 Å². The highest BCUT2D eigenvalue weighted by Crippen LogP contribution is 2.44. The first-order valence-electron chi connectivity index (χ1n) is 4.49. The molecule has 72 valence electrons. The largest absolute Gasteiger partial charge is 0.241 e. The average molecular weight is 244 g/mol. The summed E-state index contributed by atoms with van der Waals surface area (Å²) in [5, 5.41) is 2.59. The summed E-state index contributed by atoms with van der Waals surface area (Å²) in [6.45, 7) is 0. The number of benzene rings is 1. The number of fused-ring (bicyclic) bond motifs is 1. The van der Waals surface area contributed by atoms with Gasteiger partial charge in [0.15, 0.2) is 0 Å². The lowest BCUT2D eigenvalue weighted by atomic mass is 10.3. The van der Waals surface area contributed by atoms with Gasteiger partial charge in [-0.05, 0) is 25.0 Å². The third kappa shape index (κ3) is 1.42. The van der Waals surface area contributed by atoms with Gasteiger partial charge in [-0.2, -0.15) is 0 Å². The Labute approximate surface area is 95.7 Å². The summed E-state index contributed by atoms with van der Waals surface area (Å²) in [4.78, 5) is 4.55. The molecule has 1 nitrogen and oxygen atoms in total. The maximum absolute atomic E-state index is 6.09. The molecule has 0 radical (unpaired) electrons. The molecule has 1 aromatic heterocycles. The van der Waals surface area contributed by atoms with Crippen LogP contribution >= 0.6 is 34.5 Å². The van der Waals surface area contributed by atoms with Gasteiger partial charge in [0, 0.05) is 10.9 Å². The van der Waals surface area contributed by atoms with E-state index < -0.39 is 0 Å². The van der Waals surface area contributed by atoms with Crippen LogP contribution in [0.2, 0.25) is 10.0 Å². The van der Waals surface area contributed by atoms with Crippen molar-refractivity contribution in [3.8, 4) is 0 Å². The summed E-state index contributed by atoms with van der Waals surface area (Å²) in [5.41, 5.74) is 0.939. The number of hydrogen-bond acceptors (Lipinski definition) is 2. The maximum atomic E-state index is 6.09. The number of rotatable bonds is 1. The number of halogens is 2. The van der Waals surface area contributed by atoms with Gasteiger partial charge in [-0.15, -0.1) is 11.3 Å². The van der Waals surface area contributed by atoms with Crippen molar-refractivity contribution in [1.29, 1.82) is 0 Å². The zero-order valence-electron chi connectivity index (χ0n) is 7.26. The Hall–Kier alpha value is -0.310. The molecule has 14 heavy (non-hydrogen) atoms. The second kappa shape index (κ2) is 3.09. The molecule has 3 rings (SSSR count). The van der Waals surface area contributed by atoms with Crippen LogP contribution in [0.3, 0.4) is 0 Å². The smallest absolute Gasteiger partial charge is 0.0970 e. The number of aromatic nitrogens is 1. The Bertz CT molecular complexity index is 502. The molecule has 0 saturated heterocycles. The standard InChI is InChI=1S/C10H7Cl2NS/c11-6-3-7(12)9-8(4-6)13-10(14-9)5-1-2-5/h3-5H,1-2H2. The number of hydrogen-bond donors (Lipinski definition) is 0. The maximum Gasteiger partial charge on any atom is 0.0970 e. The van der Waals surface area contributed by atoms with E-state index in [0.29, 0.717) is 10.9 Å². The molecular formula is C10H7Cl2NS. The van der Waals surface area contributed by atoms with Crippen molar-refractivity contribution < 1.29 is 0 Å². The highest BCUT2D eigenvalue weighted by Gasteiger charge is 2.27. The Morgan fingerprint density at radius 3 is 2.79 bits per heavy atom. The Balaban J connectivity index is 2.26. The van der Waals surface area contributed by atoms with Gasteiger partial charge in [0.1, 0.15) is 0 Å². The van der Waals surface area contributed by atoms with Crippen molar-refractivity contribution >= 4 is 44.8 Å². The fourth-order valence-electron chi connectivity index (χ4n) is 1.48. The van der Waals surface area contributed by atoms with E-state index in [9.17, 15) is 0 Å². The first-order valence-corrected chi connectivity index (χ1v) is 6.07. The van der Waals surface area contributed by atoms with Gasteiger partial charge in [0.2, 0.25) is 0 Å². The van der Waals surface area contributed by atoms with Gasteiger partial charge in [-0.25, -0.2) is 4.98 Å². The minimum Gasteiger partial charge on any atom is -0.241 e. The van der Waals surface area contributed by atoms with Crippen LogP contribution in [-0.4, -0.2) is 4.98 Å². The van der Waals surface area contributed by atoms with E-state index in [1.165, 1.54) is 17.8 Å².